The molecule has 1 saturated carbocycles. The van der Waals surface area contributed by atoms with Crippen LogP contribution in [0.25, 0.3) is 0 Å². The van der Waals surface area contributed by atoms with Gasteiger partial charge in [0.25, 0.3) is 0 Å². The summed E-state index contributed by atoms with van der Waals surface area (Å²) in [7, 11) is 0. The standard InChI is InChI=1S/C21H29FN2O3/c1-4-27-17-12-21(23,20(17,2)3)19(26)24-11-5-6-15(13-24)18(25)14-7-9-16(22)10-8-14/h7-10,15,17H,4-6,11-13,23H2,1-3H3. The van der Waals surface area contributed by atoms with Crippen LogP contribution in [0.3, 0.4) is 0 Å². The van der Waals surface area contributed by atoms with Crippen molar-refractivity contribution < 1.29 is 18.7 Å². The minimum atomic E-state index is -0.965. The van der Waals surface area contributed by atoms with E-state index in [9.17, 15) is 14.0 Å². The predicted octanol–water partition coefficient (Wildman–Crippen LogP) is 2.78. The van der Waals surface area contributed by atoms with Crippen LogP contribution in [-0.4, -0.2) is 47.9 Å². The number of carbonyl (C=O) groups excluding carboxylic acids is 2. The molecule has 3 rings (SSSR count). The summed E-state index contributed by atoms with van der Waals surface area (Å²) in [6, 6.07) is 5.59. The lowest BCUT2D eigenvalue weighted by Crippen LogP contribution is -2.76. The number of rotatable bonds is 5. The van der Waals surface area contributed by atoms with E-state index in [4.69, 9.17) is 10.5 Å². The second kappa shape index (κ2) is 7.32. The van der Waals surface area contributed by atoms with E-state index in [0.29, 0.717) is 31.7 Å². The zero-order valence-electron chi connectivity index (χ0n) is 16.3. The Balaban J connectivity index is 1.70. The van der Waals surface area contributed by atoms with Crippen LogP contribution in [0.2, 0.25) is 0 Å². The molecule has 1 saturated heterocycles. The fraction of sp³-hybridized carbons (Fsp3) is 0.619. The average Bonchev–Trinajstić information content (AvgIpc) is 2.67. The van der Waals surface area contributed by atoms with Crippen molar-refractivity contribution in [1.29, 1.82) is 0 Å². The Morgan fingerprint density at radius 3 is 2.56 bits per heavy atom. The van der Waals surface area contributed by atoms with Gasteiger partial charge in [-0.15, -0.1) is 0 Å². The van der Waals surface area contributed by atoms with E-state index in [1.165, 1.54) is 24.3 Å². The van der Waals surface area contributed by atoms with Crippen molar-refractivity contribution in [3.63, 3.8) is 0 Å². The third-order valence-corrected chi connectivity index (χ3v) is 6.42. The van der Waals surface area contributed by atoms with E-state index in [1.54, 1.807) is 4.90 Å². The molecule has 2 fully saturated rings. The predicted molar refractivity (Wildman–Crippen MR) is 101 cm³/mol. The first-order valence-electron chi connectivity index (χ1n) is 9.70. The first-order valence-corrected chi connectivity index (χ1v) is 9.70. The topological polar surface area (TPSA) is 72.6 Å². The van der Waals surface area contributed by atoms with Crippen LogP contribution in [0.15, 0.2) is 24.3 Å². The third-order valence-electron chi connectivity index (χ3n) is 6.42. The van der Waals surface area contributed by atoms with Crippen molar-refractivity contribution >= 4 is 11.7 Å². The average molecular weight is 376 g/mol. The summed E-state index contributed by atoms with van der Waals surface area (Å²) in [5.41, 5.74) is 5.60. The van der Waals surface area contributed by atoms with Crippen LogP contribution in [0.1, 0.15) is 50.4 Å². The number of ether oxygens (including phenoxy) is 1. The number of amides is 1. The molecular formula is C21H29FN2O3. The number of nitrogens with zero attached hydrogens (tertiary/aromatic N) is 1. The monoisotopic (exact) mass is 376 g/mol. The quantitative estimate of drug-likeness (QED) is 0.802. The molecule has 1 aliphatic carbocycles. The molecule has 0 aromatic heterocycles. The Morgan fingerprint density at radius 2 is 1.96 bits per heavy atom. The van der Waals surface area contributed by atoms with Crippen molar-refractivity contribution in [2.24, 2.45) is 17.1 Å². The van der Waals surface area contributed by atoms with Gasteiger partial charge in [-0.05, 0) is 44.0 Å². The molecule has 5 nitrogen and oxygen atoms in total. The van der Waals surface area contributed by atoms with E-state index in [0.717, 1.165) is 12.8 Å². The number of nitrogens with two attached hydrogens (primary N) is 1. The maximum Gasteiger partial charge on any atom is 0.243 e. The van der Waals surface area contributed by atoms with Gasteiger partial charge in [0.1, 0.15) is 11.4 Å². The third kappa shape index (κ3) is 3.41. The molecule has 27 heavy (non-hydrogen) atoms. The number of piperidine rings is 1. The molecule has 0 bridgehead atoms. The molecule has 2 N–H and O–H groups in total. The summed E-state index contributed by atoms with van der Waals surface area (Å²) in [6.45, 7) is 7.45. The normalized spacial score (nSPS) is 29.9. The summed E-state index contributed by atoms with van der Waals surface area (Å²) in [5.74, 6) is -0.783. The van der Waals surface area contributed by atoms with Crippen LogP contribution in [0.5, 0.6) is 0 Å². The summed E-state index contributed by atoms with van der Waals surface area (Å²) in [5, 5.41) is 0. The number of ketones is 1. The molecule has 1 aromatic rings. The number of halogens is 1. The Morgan fingerprint density at radius 1 is 1.30 bits per heavy atom. The van der Waals surface area contributed by atoms with E-state index >= 15 is 0 Å². The van der Waals surface area contributed by atoms with Crippen molar-refractivity contribution in [3.8, 4) is 0 Å². The highest BCUT2D eigenvalue weighted by atomic mass is 19.1. The lowest BCUT2D eigenvalue weighted by molar-refractivity contribution is -0.180. The van der Waals surface area contributed by atoms with Gasteiger partial charge in [0, 0.05) is 43.0 Å². The molecule has 148 valence electrons. The van der Waals surface area contributed by atoms with Gasteiger partial charge >= 0.3 is 0 Å². The number of hydrogen-bond acceptors (Lipinski definition) is 4. The molecule has 1 amide bonds. The zero-order chi connectivity index (χ0) is 19.8. The molecule has 0 spiro atoms. The highest BCUT2D eigenvalue weighted by Crippen LogP contribution is 2.50. The second-order valence-electron chi connectivity index (χ2n) is 8.30. The number of benzene rings is 1. The van der Waals surface area contributed by atoms with Crippen LogP contribution < -0.4 is 5.73 Å². The Kier molecular flexibility index (Phi) is 5.41. The summed E-state index contributed by atoms with van der Waals surface area (Å²) >= 11 is 0. The lowest BCUT2D eigenvalue weighted by Gasteiger charge is -2.59. The summed E-state index contributed by atoms with van der Waals surface area (Å²) in [4.78, 5) is 27.7. The Hall–Kier alpha value is -1.79. The highest BCUT2D eigenvalue weighted by molar-refractivity contribution is 5.98. The lowest BCUT2D eigenvalue weighted by atomic mass is 9.54. The van der Waals surface area contributed by atoms with Crippen LogP contribution in [0, 0.1) is 17.2 Å². The molecule has 0 radical (unpaired) electrons. The molecule has 3 atom stereocenters. The van der Waals surface area contributed by atoms with Gasteiger partial charge in [-0.1, -0.05) is 13.8 Å². The first kappa shape index (κ1) is 20.0. The molecule has 6 heteroatoms. The van der Waals surface area contributed by atoms with Crippen LogP contribution in [0.4, 0.5) is 4.39 Å². The van der Waals surface area contributed by atoms with Gasteiger partial charge in [-0.3, -0.25) is 9.59 Å². The van der Waals surface area contributed by atoms with Gasteiger partial charge in [0.15, 0.2) is 5.78 Å². The Bertz CT molecular complexity index is 719. The SMILES string of the molecule is CCOC1CC(N)(C(=O)N2CCCC(C(=O)c3ccc(F)cc3)C2)C1(C)C. The molecule has 2 aliphatic rings. The Labute approximate surface area is 160 Å². The summed E-state index contributed by atoms with van der Waals surface area (Å²) < 4.78 is 18.8. The van der Waals surface area contributed by atoms with Crippen molar-refractivity contribution in [2.75, 3.05) is 19.7 Å². The second-order valence-corrected chi connectivity index (χ2v) is 8.30. The van der Waals surface area contributed by atoms with Crippen LogP contribution >= 0.6 is 0 Å². The fourth-order valence-corrected chi connectivity index (χ4v) is 4.31. The van der Waals surface area contributed by atoms with Crippen molar-refractivity contribution in [2.45, 2.75) is 51.7 Å². The van der Waals surface area contributed by atoms with Crippen molar-refractivity contribution in [3.05, 3.63) is 35.6 Å². The number of Topliss-reactive ketones (excluding diaryl/α,β-unsaturated/α-hetero) is 1. The summed E-state index contributed by atoms with van der Waals surface area (Å²) in [6.07, 6.45) is 1.95. The highest BCUT2D eigenvalue weighted by Gasteiger charge is 2.63. The molecule has 1 aromatic carbocycles. The van der Waals surface area contributed by atoms with Gasteiger partial charge < -0.3 is 15.4 Å². The van der Waals surface area contributed by atoms with Gasteiger partial charge in [-0.25, -0.2) is 4.39 Å². The van der Waals surface area contributed by atoms with E-state index < -0.39 is 11.0 Å². The first-order chi connectivity index (χ1) is 12.7. The number of hydrogen-bond donors (Lipinski definition) is 1. The largest absolute Gasteiger partial charge is 0.378 e. The van der Waals surface area contributed by atoms with Gasteiger partial charge in [0.2, 0.25) is 5.91 Å². The molecule has 1 heterocycles. The molecule has 3 unspecified atom stereocenters. The van der Waals surface area contributed by atoms with Crippen molar-refractivity contribution in [1.82, 2.24) is 4.90 Å². The maximum atomic E-state index is 13.2. The molecule has 1 aliphatic heterocycles. The minimum absolute atomic E-state index is 0.0297. The molecular weight excluding hydrogens is 347 g/mol. The van der Waals surface area contributed by atoms with Crippen LogP contribution in [-0.2, 0) is 9.53 Å². The smallest absolute Gasteiger partial charge is 0.243 e. The maximum absolute atomic E-state index is 13.2. The van der Waals surface area contributed by atoms with E-state index in [2.05, 4.69) is 0 Å². The van der Waals surface area contributed by atoms with Gasteiger partial charge in [-0.2, -0.15) is 0 Å². The zero-order valence-corrected chi connectivity index (χ0v) is 16.3. The number of carbonyl (C=O) groups is 2. The fourth-order valence-electron chi connectivity index (χ4n) is 4.31. The van der Waals surface area contributed by atoms with Gasteiger partial charge in [0.05, 0.1) is 6.10 Å². The minimum Gasteiger partial charge on any atom is -0.378 e. The van der Waals surface area contributed by atoms with E-state index in [-0.39, 0.29) is 29.5 Å². The van der Waals surface area contributed by atoms with E-state index in [1.807, 2.05) is 20.8 Å². The number of likely N-dealkylation sites (tertiary alicyclic amines) is 1.